The largest absolute Gasteiger partial charge is 0.405 e. The number of alkyl halides is 3. The second-order valence-corrected chi connectivity index (χ2v) is 3.98. The molecule has 90 valence electrons. The van der Waals surface area contributed by atoms with Crippen molar-refractivity contribution in [2.45, 2.75) is 19.6 Å². The Hall–Kier alpha value is -1.31. The molecule has 0 fully saturated rings. The SMILES string of the molecule is Cc1csc(CNC(=O)NCC(F)(F)F)n1. The third-order valence-corrected chi connectivity index (χ3v) is 2.48. The quantitative estimate of drug-likeness (QED) is 0.863. The van der Waals surface area contributed by atoms with Crippen LogP contribution in [0.1, 0.15) is 10.7 Å². The van der Waals surface area contributed by atoms with Crippen molar-refractivity contribution >= 4 is 17.4 Å². The Kier molecular flexibility index (Phi) is 4.11. The number of nitrogens with zero attached hydrogens (tertiary/aromatic N) is 1. The van der Waals surface area contributed by atoms with Crippen molar-refractivity contribution < 1.29 is 18.0 Å². The van der Waals surface area contributed by atoms with E-state index in [1.165, 1.54) is 11.3 Å². The Bertz CT molecular complexity index is 364. The van der Waals surface area contributed by atoms with Gasteiger partial charge >= 0.3 is 12.2 Å². The number of nitrogens with one attached hydrogen (secondary N) is 2. The van der Waals surface area contributed by atoms with Crippen LogP contribution in [-0.2, 0) is 6.54 Å². The van der Waals surface area contributed by atoms with Gasteiger partial charge in [0.1, 0.15) is 11.6 Å². The number of carbonyl (C=O) groups excluding carboxylic acids is 1. The summed E-state index contributed by atoms with van der Waals surface area (Å²) in [5, 5.41) is 6.43. The van der Waals surface area contributed by atoms with Crippen LogP contribution in [0.2, 0.25) is 0 Å². The van der Waals surface area contributed by atoms with Crippen molar-refractivity contribution in [1.29, 1.82) is 0 Å². The molecule has 0 unspecified atom stereocenters. The van der Waals surface area contributed by atoms with Crippen LogP contribution in [0.25, 0.3) is 0 Å². The summed E-state index contributed by atoms with van der Waals surface area (Å²) < 4.78 is 35.2. The summed E-state index contributed by atoms with van der Waals surface area (Å²) in [6, 6.07) is -0.856. The van der Waals surface area contributed by atoms with E-state index in [0.717, 1.165) is 5.69 Å². The van der Waals surface area contributed by atoms with Gasteiger partial charge < -0.3 is 10.6 Å². The number of urea groups is 1. The van der Waals surface area contributed by atoms with Gasteiger partial charge in [-0.1, -0.05) is 0 Å². The third-order valence-electron chi connectivity index (χ3n) is 1.52. The van der Waals surface area contributed by atoms with Gasteiger partial charge in [-0.25, -0.2) is 9.78 Å². The molecule has 2 amide bonds. The molecule has 8 heteroatoms. The molecule has 0 aliphatic heterocycles. The van der Waals surface area contributed by atoms with Crippen LogP contribution < -0.4 is 10.6 Å². The topological polar surface area (TPSA) is 54.0 Å². The van der Waals surface area contributed by atoms with Gasteiger partial charge in [0.15, 0.2) is 0 Å². The summed E-state index contributed by atoms with van der Waals surface area (Å²) in [6.07, 6.45) is -4.39. The molecule has 2 N–H and O–H groups in total. The van der Waals surface area contributed by atoms with Crippen LogP contribution in [-0.4, -0.2) is 23.7 Å². The summed E-state index contributed by atoms with van der Waals surface area (Å²) in [5.41, 5.74) is 0.817. The lowest BCUT2D eigenvalue weighted by molar-refractivity contribution is -0.122. The summed E-state index contributed by atoms with van der Waals surface area (Å²) in [6.45, 7) is 0.585. The summed E-state index contributed by atoms with van der Waals surface area (Å²) in [7, 11) is 0. The fourth-order valence-corrected chi connectivity index (χ4v) is 1.59. The first-order valence-corrected chi connectivity index (χ1v) is 5.24. The highest BCUT2D eigenvalue weighted by atomic mass is 32.1. The number of hydrogen-bond donors (Lipinski definition) is 2. The van der Waals surface area contributed by atoms with Crippen LogP contribution in [0.15, 0.2) is 5.38 Å². The summed E-state index contributed by atoms with van der Waals surface area (Å²) in [5.74, 6) is 0. The Balaban J connectivity index is 2.25. The predicted octanol–water partition coefficient (Wildman–Crippen LogP) is 1.81. The smallest absolute Gasteiger partial charge is 0.332 e. The molecule has 0 radical (unpaired) electrons. The van der Waals surface area contributed by atoms with Gasteiger partial charge in [0.25, 0.3) is 0 Å². The molecule has 1 rings (SSSR count). The van der Waals surface area contributed by atoms with Gasteiger partial charge in [-0.2, -0.15) is 13.2 Å². The highest BCUT2D eigenvalue weighted by Crippen LogP contribution is 2.12. The van der Waals surface area contributed by atoms with Gasteiger partial charge in [-0.05, 0) is 6.92 Å². The second-order valence-electron chi connectivity index (χ2n) is 3.03. The number of aromatic nitrogens is 1. The van der Waals surface area contributed by atoms with Crippen molar-refractivity contribution in [3.05, 3.63) is 16.1 Å². The van der Waals surface area contributed by atoms with E-state index in [4.69, 9.17) is 0 Å². The maximum atomic E-state index is 11.7. The molecule has 4 nitrogen and oxygen atoms in total. The third kappa shape index (κ3) is 4.96. The lowest BCUT2D eigenvalue weighted by atomic mass is 10.5. The highest BCUT2D eigenvalue weighted by molar-refractivity contribution is 7.09. The van der Waals surface area contributed by atoms with Gasteiger partial charge in [0.2, 0.25) is 0 Å². The number of carbonyl (C=O) groups is 1. The molecule has 0 atom stereocenters. The molecule has 0 aliphatic carbocycles. The number of thiazole rings is 1. The van der Waals surface area contributed by atoms with Crippen LogP contribution in [0, 0.1) is 6.92 Å². The van der Waals surface area contributed by atoms with E-state index in [1.807, 2.05) is 0 Å². The van der Waals surface area contributed by atoms with Crippen LogP contribution in [0.4, 0.5) is 18.0 Å². The van der Waals surface area contributed by atoms with Crippen molar-refractivity contribution in [1.82, 2.24) is 15.6 Å². The Morgan fingerprint density at radius 2 is 2.19 bits per heavy atom. The van der Waals surface area contributed by atoms with Crippen molar-refractivity contribution in [3.8, 4) is 0 Å². The van der Waals surface area contributed by atoms with E-state index in [-0.39, 0.29) is 6.54 Å². The second kappa shape index (κ2) is 5.15. The maximum Gasteiger partial charge on any atom is 0.405 e. The zero-order chi connectivity index (χ0) is 12.2. The molecule has 0 bridgehead atoms. The molecule has 0 aliphatic rings. The zero-order valence-corrected chi connectivity index (χ0v) is 9.21. The summed E-state index contributed by atoms with van der Waals surface area (Å²) in [4.78, 5) is 15.0. The lowest BCUT2D eigenvalue weighted by Crippen LogP contribution is -2.40. The van der Waals surface area contributed by atoms with E-state index >= 15 is 0 Å². The van der Waals surface area contributed by atoms with Gasteiger partial charge in [0.05, 0.1) is 6.54 Å². The molecule has 1 aromatic heterocycles. The number of amides is 2. The highest BCUT2D eigenvalue weighted by Gasteiger charge is 2.27. The fourth-order valence-electron chi connectivity index (χ4n) is 0.883. The van der Waals surface area contributed by atoms with Crippen molar-refractivity contribution in [2.75, 3.05) is 6.54 Å². The first kappa shape index (κ1) is 12.8. The number of rotatable bonds is 3. The van der Waals surface area contributed by atoms with Gasteiger partial charge in [-0.3, -0.25) is 0 Å². The van der Waals surface area contributed by atoms with E-state index < -0.39 is 18.8 Å². The lowest BCUT2D eigenvalue weighted by Gasteiger charge is -2.08. The minimum atomic E-state index is -4.39. The van der Waals surface area contributed by atoms with Crippen molar-refractivity contribution in [2.24, 2.45) is 0 Å². The molecule has 0 aromatic carbocycles. The van der Waals surface area contributed by atoms with Crippen LogP contribution in [0.5, 0.6) is 0 Å². The minimum Gasteiger partial charge on any atom is -0.332 e. The Morgan fingerprint density at radius 3 is 2.69 bits per heavy atom. The van der Waals surface area contributed by atoms with Crippen LogP contribution in [0.3, 0.4) is 0 Å². The molecule has 16 heavy (non-hydrogen) atoms. The molecular weight excluding hydrogens is 243 g/mol. The zero-order valence-electron chi connectivity index (χ0n) is 8.39. The number of hydrogen-bond acceptors (Lipinski definition) is 3. The van der Waals surface area contributed by atoms with E-state index in [0.29, 0.717) is 5.01 Å². The van der Waals surface area contributed by atoms with Gasteiger partial charge in [-0.15, -0.1) is 11.3 Å². The average Bonchev–Trinajstić information content (AvgIpc) is 2.57. The normalized spacial score (nSPS) is 11.2. The van der Waals surface area contributed by atoms with Gasteiger partial charge in [0, 0.05) is 11.1 Å². The molecule has 0 saturated heterocycles. The van der Waals surface area contributed by atoms with Crippen LogP contribution >= 0.6 is 11.3 Å². The first-order chi connectivity index (χ1) is 7.37. The molecule has 0 spiro atoms. The molecule has 0 saturated carbocycles. The number of aryl methyl sites for hydroxylation is 1. The Morgan fingerprint density at radius 1 is 1.50 bits per heavy atom. The monoisotopic (exact) mass is 253 g/mol. The number of halogens is 3. The standard InChI is InChI=1S/C8H10F3N3OS/c1-5-3-16-6(14-5)2-12-7(15)13-4-8(9,10)11/h3H,2,4H2,1H3,(H2,12,13,15). The molecule has 1 heterocycles. The molecule has 1 aromatic rings. The molecular formula is C8H10F3N3OS. The maximum absolute atomic E-state index is 11.7. The van der Waals surface area contributed by atoms with E-state index in [9.17, 15) is 18.0 Å². The van der Waals surface area contributed by atoms with E-state index in [1.54, 1.807) is 17.6 Å². The summed E-state index contributed by atoms with van der Waals surface area (Å²) >= 11 is 1.34. The predicted molar refractivity (Wildman–Crippen MR) is 53.1 cm³/mol. The first-order valence-electron chi connectivity index (χ1n) is 4.36. The van der Waals surface area contributed by atoms with Crippen molar-refractivity contribution in [3.63, 3.8) is 0 Å². The Labute approximate surface area is 93.9 Å². The van der Waals surface area contributed by atoms with E-state index in [2.05, 4.69) is 10.3 Å². The fraction of sp³-hybridized carbons (Fsp3) is 0.500. The average molecular weight is 253 g/mol. The minimum absolute atomic E-state index is 0.127.